The van der Waals surface area contributed by atoms with Crippen molar-refractivity contribution in [2.75, 3.05) is 12.9 Å². The molecule has 26 heavy (non-hydrogen) atoms. The van der Waals surface area contributed by atoms with Gasteiger partial charge < -0.3 is 19.1 Å². The minimum Gasteiger partial charge on any atom is -0.549 e. The van der Waals surface area contributed by atoms with Gasteiger partial charge in [0, 0.05) is 5.75 Å². The van der Waals surface area contributed by atoms with Gasteiger partial charge in [0.05, 0.1) is 31.1 Å². The van der Waals surface area contributed by atoms with E-state index in [1.54, 1.807) is 32.6 Å². The van der Waals surface area contributed by atoms with Gasteiger partial charge in [0.15, 0.2) is 5.82 Å². The van der Waals surface area contributed by atoms with E-state index in [0.29, 0.717) is 22.5 Å². The third-order valence-corrected chi connectivity index (χ3v) is 4.34. The van der Waals surface area contributed by atoms with Crippen LogP contribution in [0.1, 0.15) is 11.3 Å². The van der Waals surface area contributed by atoms with Gasteiger partial charge >= 0.3 is 0 Å². The molecule has 0 radical (unpaired) electrons. The Bertz CT molecular complexity index is 948. The number of carboxylic acids is 1. The SMILES string of the molecule is COc1cccc(/C=N\n2c(SCC(=O)[O-])nnc2-c2ccoc2C)c1. The lowest BCUT2D eigenvalue weighted by Crippen LogP contribution is -2.24. The van der Waals surface area contributed by atoms with Crippen molar-refractivity contribution in [1.29, 1.82) is 0 Å². The molecule has 2 heterocycles. The van der Waals surface area contributed by atoms with Crippen LogP contribution in [0.5, 0.6) is 5.75 Å². The Balaban J connectivity index is 1.99. The van der Waals surface area contributed by atoms with Crippen molar-refractivity contribution in [3.8, 4) is 17.1 Å². The van der Waals surface area contributed by atoms with E-state index in [1.165, 1.54) is 4.68 Å². The highest BCUT2D eigenvalue weighted by atomic mass is 32.2. The fourth-order valence-electron chi connectivity index (χ4n) is 2.21. The fourth-order valence-corrected chi connectivity index (χ4v) is 2.82. The maximum Gasteiger partial charge on any atom is 0.212 e. The van der Waals surface area contributed by atoms with E-state index in [4.69, 9.17) is 9.15 Å². The molecule has 0 aliphatic carbocycles. The monoisotopic (exact) mass is 371 g/mol. The van der Waals surface area contributed by atoms with Crippen molar-refractivity contribution in [3.63, 3.8) is 0 Å². The summed E-state index contributed by atoms with van der Waals surface area (Å²) >= 11 is 0.980. The number of carbonyl (C=O) groups excluding carboxylic acids is 1. The summed E-state index contributed by atoms with van der Waals surface area (Å²) < 4.78 is 12.0. The molecule has 0 aliphatic rings. The van der Waals surface area contributed by atoms with E-state index in [-0.39, 0.29) is 5.75 Å². The number of furan rings is 1. The summed E-state index contributed by atoms with van der Waals surface area (Å²) in [6.45, 7) is 1.80. The van der Waals surface area contributed by atoms with Crippen LogP contribution in [0.25, 0.3) is 11.4 Å². The number of rotatable bonds is 7. The summed E-state index contributed by atoms with van der Waals surface area (Å²) in [5, 5.41) is 23.7. The minimum atomic E-state index is -1.19. The molecule has 0 amide bonds. The van der Waals surface area contributed by atoms with Crippen molar-refractivity contribution in [1.82, 2.24) is 14.9 Å². The molecule has 1 aromatic carbocycles. The second-order valence-corrected chi connectivity index (χ2v) is 6.13. The maximum absolute atomic E-state index is 10.8. The van der Waals surface area contributed by atoms with Gasteiger partial charge in [-0.3, -0.25) is 0 Å². The number of methoxy groups -OCH3 is 1. The molecule has 0 spiro atoms. The number of aliphatic carboxylic acids is 1. The zero-order valence-corrected chi connectivity index (χ0v) is 14.9. The number of aromatic nitrogens is 3. The first-order valence-corrected chi connectivity index (χ1v) is 8.58. The van der Waals surface area contributed by atoms with E-state index in [2.05, 4.69) is 15.3 Å². The molecule has 0 saturated carbocycles. The van der Waals surface area contributed by atoms with Crippen LogP contribution in [0.15, 0.2) is 51.3 Å². The number of aryl methyl sites for hydroxylation is 1. The van der Waals surface area contributed by atoms with E-state index in [9.17, 15) is 9.90 Å². The fraction of sp³-hybridized carbons (Fsp3) is 0.176. The van der Waals surface area contributed by atoms with E-state index < -0.39 is 5.97 Å². The Morgan fingerprint density at radius 1 is 1.42 bits per heavy atom. The van der Waals surface area contributed by atoms with Gasteiger partial charge in [0.2, 0.25) is 5.16 Å². The lowest BCUT2D eigenvalue weighted by Gasteiger charge is -2.05. The largest absolute Gasteiger partial charge is 0.549 e. The summed E-state index contributed by atoms with van der Waals surface area (Å²) in [6.07, 6.45) is 3.16. The number of ether oxygens (including phenoxy) is 1. The van der Waals surface area contributed by atoms with Crippen LogP contribution in [0.2, 0.25) is 0 Å². The van der Waals surface area contributed by atoms with Crippen LogP contribution >= 0.6 is 11.8 Å². The van der Waals surface area contributed by atoms with Crippen LogP contribution < -0.4 is 9.84 Å². The Labute approximate surface area is 153 Å². The quantitative estimate of drug-likeness (QED) is 0.458. The summed E-state index contributed by atoms with van der Waals surface area (Å²) in [7, 11) is 1.59. The average molecular weight is 371 g/mol. The Morgan fingerprint density at radius 2 is 2.27 bits per heavy atom. The number of benzene rings is 1. The molecular formula is C17H15N4O4S-. The smallest absolute Gasteiger partial charge is 0.212 e. The van der Waals surface area contributed by atoms with Crippen LogP contribution in [-0.2, 0) is 4.79 Å². The molecule has 8 nitrogen and oxygen atoms in total. The number of nitrogens with zero attached hydrogens (tertiary/aromatic N) is 4. The standard InChI is InChI=1S/C17H16N4O4S/c1-11-14(6-7-25-11)16-19-20-17(26-10-15(22)23)21(16)18-9-12-4-3-5-13(8-12)24-2/h3-9H,10H2,1-2H3,(H,22,23)/p-1/b18-9-. The van der Waals surface area contributed by atoms with Crippen molar-refractivity contribution >= 4 is 23.9 Å². The molecule has 0 unspecified atom stereocenters. The molecule has 0 bridgehead atoms. The summed E-state index contributed by atoms with van der Waals surface area (Å²) in [4.78, 5) is 10.8. The highest BCUT2D eigenvalue weighted by molar-refractivity contribution is 7.99. The first-order chi connectivity index (χ1) is 12.6. The van der Waals surface area contributed by atoms with Crippen LogP contribution in [0.3, 0.4) is 0 Å². The van der Waals surface area contributed by atoms with E-state index in [0.717, 1.165) is 22.9 Å². The molecule has 0 saturated heterocycles. The average Bonchev–Trinajstić information content (AvgIpc) is 3.23. The Kier molecular flexibility index (Phi) is 5.37. The van der Waals surface area contributed by atoms with Gasteiger partial charge in [-0.15, -0.1) is 10.2 Å². The predicted molar refractivity (Wildman–Crippen MR) is 94.2 cm³/mol. The van der Waals surface area contributed by atoms with Crippen molar-refractivity contribution < 1.29 is 19.1 Å². The molecule has 3 rings (SSSR count). The van der Waals surface area contributed by atoms with Gasteiger partial charge in [-0.1, -0.05) is 23.9 Å². The predicted octanol–water partition coefficient (Wildman–Crippen LogP) is 1.58. The lowest BCUT2D eigenvalue weighted by molar-refractivity contribution is -0.301. The van der Waals surface area contributed by atoms with Crippen LogP contribution in [-0.4, -0.2) is 39.9 Å². The van der Waals surface area contributed by atoms with Crippen LogP contribution in [0.4, 0.5) is 0 Å². The summed E-state index contributed by atoms with van der Waals surface area (Å²) in [6, 6.07) is 9.12. The first-order valence-electron chi connectivity index (χ1n) is 7.59. The second kappa shape index (κ2) is 7.87. The molecule has 9 heteroatoms. The number of hydrogen-bond donors (Lipinski definition) is 0. The second-order valence-electron chi connectivity index (χ2n) is 5.19. The summed E-state index contributed by atoms with van der Waals surface area (Å²) in [5.74, 6) is 0.373. The number of hydrogen-bond acceptors (Lipinski definition) is 8. The molecule has 0 aliphatic heterocycles. The van der Waals surface area contributed by atoms with Gasteiger partial charge in [0.1, 0.15) is 11.5 Å². The minimum absolute atomic E-state index is 0.253. The lowest BCUT2D eigenvalue weighted by atomic mass is 10.2. The zero-order chi connectivity index (χ0) is 18.5. The highest BCUT2D eigenvalue weighted by Gasteiger charge is 2.17. The van der Waals surface area contributed by atoms with Gasteiger partial charge in [-0.25, -0.2) is 0 Å². The van der Waals surface area contributed by atoms with Crippen LogP contribution in [0, 0.1) is 6.92 Å². The molecule has 134 valence electrons. The molecule has 0 N–H and O–H groups in total. The van der Waals surface area contributed by atoms with Gasteiger partial charge in [-0.2, -0.15) is 9.78 Å². The van der Waals surface area contributed by atoms with Crippen molar-refractivity contribution in [2.45, 2.75) is 12.1 Å². The molecule has 3 aromatic rings. The Morgan fingerprint density at radius 3 is 2.96 bits per heavy atom. The number of thioether (sulfide) groups is 1. The highest BCUT2D eigenvalue weighted by Crippen LogP contribution is 2.27. The maximum atomic E-state index is 10.8. The molecule has 2 aromatic heterocycles. The van der Waals surface area contributed by atoms with Crippen molar-refractivity contribution in [3.05, 3.63) is 47.9 Å². The first kappa shape index (κ1) is 17.7. The molecule has 0 fully saturated rings. The third kappa shape index (κ3) is 3.94. The molecule has 0 atom stereocenters. The number of carbonyl (C=O) groups is 1. The van der Waals surface area contributed by atoms with Gasteiger partial charge in [-0.05, 0) is 30.7 Å². The zero-order valence-electron chi connectivity index (χ0n) is 14.1. The van der Waals surface area contributed by atoms with E-state index in [1.807, 2.05) is 24.3 Å². The Hall–Kier alpha value is -3.07. The number of carboxylic acid groups (broad SMARTS) is 1. The van der Waals surface area contributed by atoms with E-state index >= 15 is 0 Å². The van der Waals surface area contributed by atoms with Gasteiger partial charge in [0.25, 0.3) is 0 Å². The molecular weight excluding hydrogens is 356 g/mol. The normalized spacial score (nSPS) is 11.2. The summed E-state index contributed by atoms with van der Waals surface area (Å²) in [5.41, 5.74) is 1.53. The van der Waals surface area contributed by atoms with Crippen molar-refractivity contribution in [2.24, 2.45) is 5.10 Å². The topological polar surface area (TPSA) is 106 Å². The third-order valence-electron chi connectivity index (χ3n) is 3.45.